The van der Waals surface area contributed by atoms with Crippen LogP contribution in [0.3, 0.4) is 0 Å². The van der Waals surface area contributed by atoms with Crippen molar-refractivity contribution < 1.29 is 18.7 Å². The zero-order chi connectivity index (χ0) is 19.3. The first kappa shape index (κ1) is 21.2. The first-order valence-electron chi connectivity index (χ1n) is 8.82. The van der Waals surface area contributed by atoms with Gasteiger partial charge in [-0.05, 0) is 11.1 Å². The monoisotopic (exact) mass is 388 g/mol. The third-order valence-corrected chi connectivity index (χ3v) is 4.87. The van der Waals surface area contributed by atoms with Gasteiger partial charge in [-0.25, -0.2) is 0 Å². The van der Waals surface area contributed by atoms with E-state index in [1.54, 1.807) is 0 Å². The van der Waals surface area contributed by atoms with E-state index in [1.807, 2.05) is 60.7 Å². The molecule has 0 amide bonds. The number of carbonyl (C=O) groups is 2. The Balaban J connectivity index is 1.54. The highest BCUT2D eigenvalue weighted by Crippen LogP contribution is 2.21. The van der Waals surface area contributed by atoms with Crippen LogP contribution in [-0.2, 0) is 31.8 Å². The minimum atomic E-state index is -2.54. The number of ketones is 2. The summed E-state index contributed by atoms with van der Waals surface area (Å²) in [4.78, 5) is 23.5. The molecule has 2 aromatic carbocycles. The topological polar surface area (TPSA) is 84.5 Å². The van der Waals surface area contributed by atoms with Gasteiger partial charge in [-0.1, -0.05) is 60.7 Å². The second-order valence-corrected chi connectivity index (χ2v) is 7.48. The highest BCUT2D eigenvalue weighted by Gasteiger charge is 2.10. The summed E-state index contributed by atoms with van der Waals surface area (Å²) in [6, 6.07) is 19.4. The normalized spacial score (nSPS) is 11.9. The summed E-state index contributed by atoms with van der Waals surface area (Å²) in [6.07, 6.45) is -0.156. The molecule has 0 fully saturated rings. The molecule has 0 aliphatic heterocycles. The number of nitrogens with one attached hydrogen (secondary N) is 2. The molecule has 0 bridgehead atoms. The van der Waals surface area contributed by atoms with Crippen LogP contribution in [0.5, 0.6) is 0 Å². The molecule has 2 N–H and O–H groups in total. The van der Waals surface area contributed by atoms with Gasteiger partial charge >= 0.3 is 0 Å². The fourth-order valence-corrected chi connectivity index (χ4v) is 3.24. The highest BCUT2D eigenvalue weighted by molar-refractivity contribution is 7.40. The Hall–Kier alpha value is -2.11. The molecule has 0 heterocycles. The van der Waals surface area contributed by atoms with Crippen LogP contribution in [0.4, 0.5) is 0 Å². The Bertz CT molecular complexity index is 738. The summed E-state index contributed by atoms with van der Waals surface area (Å²) in [7, 11) is -2.54. The fraction of sp³-hybridized carbons (Fsp3) is 0.300. The van der Waals surface area contributed by atoms with Crippen molar-refractivity contribution in [2.45, 2.75) is 13.1 Å². The Kier molecular flexibility index (Phi) is 9.66. The van der Waals surface area contributed by atoms with Crippen LogP contribution in [0, 0.1) is 0 Å². The van der Waals surface area contributed by atoms with Crippen LogP contribution in [0.25, 0.3) is 0 Å². The van der Waals surface area contributed by atoms with E-state index in [0.29, 0.717) is 13.1 Å². The summed E-state index contributed by atoms with van der Waals surface area (Å²) >= 11 is 0. The number of rotatable bonds is 13. The summed E-state index contributed by atoms with van der Waals surface area (Å²) < 4.78 is 16.9. The molecule has 0 aromatic heterocycles. The van der Waals surface area contributed by atoms with Crippen molar-refractivity contribution in [1.82, 2.24) is 10.6 Å². The van der Waals surface area contributed by atoms with Gasteiger partial charge in [0.25, 0.3) is 0 Å². The Labute approximate surface area is 160 Å². The average molecular weight is 388 g/mol. The SMILES string of the molecule is O=C(CNCc1ccccc1)CO[PH](=O)CC(=O)CNCc1ccccc1. The summed E-state index contributed by atoms with van der Waals surface area (Å²) in [6.45, 7) is 1.16. The molecular formula is C20H25N2O4P. The van der Waals surface area contributed by atoms with Crippen LogP contribution in [0.15, 0.2) is 60.7 Å². The van der Waals surface area contributed by atoms with Gasteiger partial charge in [0.1, 0.15) is 6.61 Å². The molecule has 0 saturated heterocycles. The molecule has 0 spiro atoms. The van der Waals surface area contributed by atoms with Crippen molar-refractivity contribution in [1.29, 1.82) is 0 Å². The van der Waals surface area contributed by atoms with E-state index < -0.39 is 8.03 Å². The smallest absolute Gasteiger partial charge is 0.199 e. The van der Waals surface area contributed by atoms with Crippen molar-refractivity contribution in [2.75, 3.05) is 25.9 Å². The maximum Gasteiger partial charge on any atom is 0.199 e. The van der Waals surface area contributed by atoms with Gasteiger partial charge in [-0.15, -0.1) is 0 Å². The van der Waals surface area contributed by atoms with Gasteiger partial charge in [0.05, 0.1) is 19.3 Å². The molecule has 27 heavy (non-hydrogen) atoms. The number of hydrogen-bond acceptors (Lipinski definition) is 6. The first-order chi connectivity index (χ1) is 13.1. The number of benzene rings is 2. The van der Waals surface area contributed by atoms with Gasteiger partial charge in [-0.3, -0.25) is 14.2 Å². The van der Waals surface area contributed by atoms with E-state index in [2.05, 4.69) is 10.6 Å². The van der Waals surface area contributed by atoms with Crippen LogP contribution in [0.2, 0.25) is 0 Å². The molecule has 1 unspecified atom stereocenters. The maximum atomic E-state index is 11.8. The molecule has 144 valence electrons. The van der Waals surface area contributed by atoms with E-state index in [4.69, 9.17) is 4.52 Å². The van der Waals surface area contributed by atoms with Crippen molar-refractivity contribution >= 4 is 19.6 Å². The summed E-state index contributed by atoms with van der Waals surface area (Å²) in [5.74, 6) is -0.386. The largest absolute Gasteiger partial charge is 0.322 e. The Morgan fingerprint density at radius 1 is 0.778 bits per heavy atom. The molecule has 1 atom stereocenters. The number of carbonyl (C=O) groups excluding carboxylic acids is 2. The zero-order valence-corrected chi connectivity index (χ0v) is 16.1. The van der Waals surface area contributed by atoms with E-state index in [9.17, 15) is 14.2 Å². The van der Waals surface area contributed by atoms with E-state index in [1.165, 1.54) is 0 Å². The molecule has 0 aliphatic rings. The van der Waals surface area contributed by atoms with E-state index in [0.717, 1.165) is 11.1 Å². The average Bonchev–Trinajstić information content (AvgIpc) is 2.68. The van der Waals surface area contributed by atoms with Crippen LogP contribution < -0.4 is 10.6 Å². The minimum Gasteiger partial charge on any atom is -0.322 e. The third kappa shape index (κ3) is 9.40. The van der Waals surface area contributed by atoms with Crippen molar-refractivity contribution in [2.24, 2.45) is 0 Å². The van der Waals surface area contributed by atoms with E-state index in [-0.39, 0.29) is 37.4 Å². The molecule has 7 heteroatoms. The van der Waals surface area contributed by atoms with Crippen molar-refractivity contribution in [3.05, 3.63) is 71.8 Å². The predicted octanol–water partition coefficient (Wildman–Crippen LogP) is 2.20. The van der Waals surface area contributed by atoms with E-state index >= 15 is 0 Å². The molecular weight excluding hydrogens is 363 g/mol. The van der Waals surface area contributed by atoms with Crippen molar-refractivity contribution in [3.63, 3.8) is 0 Å². The molecule has 2 aromatic rings. The van der Waals surface area contributed by atoms with Crippen LogP contribution >= 0.6 is 8.03 Å². The lowest BCUT2D eigenvalue weighted by Gasteiger charge is -2.07. The quantitative estimate of drug-likeness (QED) is 0.512. The molecule has 2 rings (SSSR count). The summed E-state index contributed by atoms with van der Waals surface area (Å²) in [5.41, 5.74) is 2.15. The second-order valence-electron chi connectivity index (χ2n) is 6.09. The van der Waals surface area contributed by atoms with Gasteiger partial charge in [-0.2, -0.15) is 0 Å². The lowest BCUT2D eigenvalue weighted by atomic mass is 10.2. The minimum absolute atomic E-state index is 0.126. The lowest BCUT2D eigenvalue weighted by Crippen LogP contribution is -2.26. The van der Waals surface area contributed by atoms with Crippen molar-refractivity contribution in [3.8, 4) is 0 Å². The highest BCUT2D eigenvalue weighted by atomic mass is 31.1. The third-order valence-electron chi connectivity index (χ3n) is 3.72. The maximum absolute atomic E-state index is 11.8. The second kappa shape index (κ2) is 12.3. The molecule has 6 nitrogen and oxygen atoms in total. The van der Waals surface area contributed by atoms with Gasteiger partial charge in [0.2, 0.25) is 0 Å². The standard InChI is InChI=1S/C20H25N2O4P/c23-19(13-21-11-17-7-3-1-4-8-17)15-26-27(25)16-20(24)14-22-12-18-9-5-2-6-10-18/h1-10,21-22,27H,11-16H2. The molecule has 0 aliphatic carbocycles. The fourth-order valence-electron chi connectivity index (χ4n) is 2.37. The molecule has 0 saturated carbocycles. The van der Waals surface area contributed by atoms with Crippen LogP contribution in [-0.4, -0.2) is 37.4 Å². The van der Waals surface area contributed by atoms with Gasteiger partial charge in [0.15, 0.2) is 19.6 Å². The Morgan fingerprint density at radius 3 is 1.78 bits per heavy atom. The number of hydrogen-bond donors (Lipinski definition) is 2. The first-order valence-corrected chi connectivity index (χ1v) is 10.3. The number of Topliss-reactive ketones (excluding diaryl/α,β-unsaturated/α-hetero) is 2. The summed E-state index contributed by atoms with van der Waals surface area (Å²) in [5, 5.41) is 6.02. The predicted molar refractivity (Wildman–Crippen MR) is 106 cm³/mol. The van der Waals surface area contributed by atoms with Crippen LogP contribution in [0.1, 0.15) is 11.1 Å². The zero-order valence-electron chi connectivity index (χ0n) is 15.1. The molecule has 0 radical (unpaired) electrons. The van der Waals surface area contributed by atoms with Gasteiger partial charge in [0, 0.05) is 13.1 Å². The Morgan fingerprint density at radius 2 is 1.26 bits per heavy atom. The van der Waals surface area contributed by atoms with Gasteiger partial charge < -0.3 is 15.2 Å². The lowest BCUT2D eigenvalue weighted by molar-refractivity contribution is -0.120.